The number of benzene rings is 3. The van der Waals surface area contributed by atoms with Crippen LogP contribution in [0, 0.1) is 5.92 Å². The van der Waals surface area contributed by atoms with E-state index in [1.165, 1.54) is 27.9 Å². The van der Waals surface area contributed by atoms with Crippen molar-refractivity contribution in [1.82, 2.24) is 0 Å². The average molecular weight is 426 g/mol. The molecule has 32 heavy (non-hydrogen) atoms. The monoisotopic (exact) mass is 425 g/mol. The van der Waals surface area contributed by atoms with Gasteiger partial charge in [0.15, 0.2) is 0 Å². The van der Waals surface area contributed by atoms with E-state index >= 15 is 0 Å². The number of phenolic OH excluding ortho intramolecular Hbond substituents is 1. The van der Waals surface area contributed by atoms with Crippen LogP contribution in [0.4, 0.5) is 5.69 Å². The summed E-state index contributed by atoms with van der Waals surface area (Å²) in [5.41, 5.74) is 6.60. The van der Waals surface area contributed by atoms with Crippen molar-refractivity contribution < 1.29 is 9.90 Å². The van der Waals surface area contributed by atoms with Crippen molar-refractivity contribution >= 4 is 12.0 Å². The molecule has 0 aromatic heterocycles. The third-order valence-electron chi connectivity index (χ3n) is 7.48. The summed E-state index contributed by atoms with van der Waals surface area (Å²) in [5.74, 6) is 1.62. The molecular formula is C29H31NO2. The van der Waals surface area contributed by atoms with E-state index in [9.17, 15) is 9.90 Å². The second-order valence-electron chi connectivity index (χ2n) is 9.34. The first-order valence-corrected chi connectivity index (χ1v) is 11.9. The van der Waals surface area contributed by atoms with Gasteiger partial charge in [0, 0.05) is 31.1 Å². The molecule has 2 unspecified atom stereocenters. The minimum Gasteiger partial charge on any atom is -0.508 e. The summed E-state index contributed by atoms with van der Waals surface area (Å²) >= 11 is 0. The molecule has 3 aromatic carbocycles. The van der Waals surface area contributed by atoms with Crippen molar-refractivity contribution in [1.29, 1.82) is 0 Å². The number of carbonyl (C=O) groups excluding carboxylic acids is 1. The highest BCUT2D eigenvalue weighted by Gasteiger charge is 2.32. The lowest BCUT2D eigenvalue weighted by Crippen LogP contribution is -2.33. The number of phenols is 1. The van der Waals surface area contributed by atoms with E-state index in [2.05, 4.69) is 65.6 Å². The topological polar surface area (TPSA) is 40.5 Å². The number of piperidine rings is 1. The fraction of sp³-hybridized carbons (Fsp3) is 0.345. The number of rotatable bonds is 5. The molecule has 3 aromatic rings. The van der Waals surface area contributed by atoms with Crippen molar-refractivity contribution in [3.8, 4) is 5.75 Å². The van der Waals surface area contributed by atoms with Crippen LogP contribution >= 0.6 is 0 Å². The lowest BCUT2D eigenvalue weighted by Gasteiger charge is -2.36. The van der Waals surface area contributed by atoms with Crippen LogP contribution < -0.4 is 4.90 Å². The number of carbonyl (C=O) groups is 1. The minimum absolute atomic E-state index is 0.286. The number of aromatic hydroxyl groups is 1. The fourth-order valence-electron chi connectivity index (χ4n) is 5.73. The molecule has 1 heterocycles. The number of anilines is 1. The van der Waals surface area contributed by atoms with Gasteiger partial charge in [-0.3, -0.25) is 0 Å². The van der Waals surface area contributed by atoms with Crippen molar-refractivity contribution in [3.05, 3.63) is 95.1 Å². The standard InChI is InChI=1S/C29H31NO2/c31-19-16-21-14-17-30(18-15-21)25-9-6-23(7-10-25)29-27(22-4-2-1-3-5-22)12-8-24-20-26(32)11-13-28(24)29/h1-7,9-11,13,19-21,27,29,32H,8,12,14-18H2. The molecule has 2 aliphatic rings. The second kappa shape index (κ2) is 9.20. The van der Waals surface area contributed by atoms with Crippen LogP contribution in [-0.2, 0) is 11.2 Å². The van der Waals surface area contributed by atoms with Crippen molar-refractivity contribution in [2.45, 2.75) is 43.9 Å². The average Bonchev–Trinajstić information content (AvgIpc) is 2.84. The summed E-state index contributed by atoms with van der Waals surface area (Å²) in [6.07, 6.45) is 6.03. The van der Waals surface area contributed by atoms with Gasteiger partial charge in [0.2, 0.25) is 0 Å². The van der Waals surface area contributed by atoms with E-state index in [4.69, 9.17) is 0 Å². The first-order valence-electron chi connectivity index (χ1n) is 11.9. The van der Waals surface area contributed by atoms with E-state index in [1.54, 1.807) is 0 Å². The SMILES string of the molecule is O=CCC1CCN(c2ccc(C3c4ccc(O)cc4CCC3c3ccccc3)cc2)CC1. The maximum absolute atomic E-state index is 10.8. The predicted molar refractivity (Wildman–Crippen MR) is 130 cm³/mol. The largest absolute Gasteiger partial charge is 0.508 e. The zero-order valence-corrected chi connectivity index (χ0v) is 18.5. The first kappa shape index (κ1) is 20.8. The fourth-order valence-corrected chi connectivity index (χ4v) is 5.73. The Morgan fingerprint density at radius 1 is 0.875 bits per heavy atom. The van der Waals surface area contributed by atoms with E-state index in [1.807, 2.05) is 12.1 Å². The van der Waals surface area contributed by atoms with E-state index in [-0.39, 0.29) is 5.92 Å². The number of hydrogen-bond acceptors (Lipinski definition) is 3. The lowest BCUT2D eigenvalue weighted by molar-refractivity contribution is -0.108. The second-order valence-corrected chi connectivity index (χ2v) is 9.34. The Morgan fingerprint density at radius 3 is 2.34 bits per heavy atom. The van der Waals surface area contributed by atoms with Crippen LogP contribution in [0.2, 0.25) is 0 Å². The molecule has 0 spiro atoms. The summed E-state index contributed by atoms with van der Waals surface area (Å²) in [6, 6.07) is 25.9. The van der Waals surface area contributed by atoms with Gasteiger partial charge < -0.3 is 14.8 Å². The predicted octanol–water partition coefficient (Wildman–Crippen LogP) is 6.06. The summed E-state index contributed by atoms with van der Waals surface area (Å²) < 4.78 is 0. The number of nitrogens with zero attached hydrogens (tertiary/aromatic N) is 1. The summed E-state index contributed by atoms with van der Waals surface area (Å²) in [6.45, 7) is 2.05. The summed E-state index contributed by atoms with van der Waals surface area (Å²) in [4.78, 5) is 13.3. The summed E-state index contributed by atoms with van der Waals surface area (Å²) in [7, 11) is 0. The van der Waals surface area contributed by atoms with Gasteiger partial charge in [-0.2, -0.15) is 0 Å². The first-order chi connectivity index (χ1) is 15.7. The Morgan fingerprint density at radius 2 is 1.62 bits per heavy atom. The zero-order valence-electron chi connectivity index (χ0n) is 18.5. The van der Waals surface area contributed by atoms with Gasteiger partial charge in [0.25, 0.3) is 0 Å². The summed E-state index contributed by atoms with van der Waals surface area (Å²) in [5, 5.41) is 10.0. The Kier molecular flexibility index (Phi) is 5.98. The molecule has 1 aliphatic heterocycles. The smallest absolute Gasteiger partial charge is 0.120 e. The molecule has 1 saturated heterocycles. The lowest BCUT2D eigenvalue weighted by atomic mass is 9.69. The Balaban J connectivity index is 1.44. The molecule has 1 fully saturated rings. The number of fused-ring (bicyclic) bond motifs is 1. The van der Waals surface area contributed by atoms with Gasteiger partial charge in [-0.25, -0.2) is 0 Å². The molecule has 0 amide bonds. The van der Waals surface area contributed by atoms with Crippen LogP contribution in [0.1, 0.15) is 59.8 Å². The normalized spacial score (nSPS) is 21.2. The van der Waals surface area contributed by atoms with Crippen LogP contribution in [0.5, 0.6) is 5.75 Å². The molecule has 0 bridgehead atoms. The number of aryl methyl sites for hydroxylation is 1. The van der Waals surface area contributed by atoms with Gasteiger partial charge in [0.1, 0.15) is 12.0 Å². The van der Waals surface area contributed by atoms with Crippen molar-refractivity contribution in [2.75, 3.05) is 18.0 Å². The third-order valence-corrected chi connectivity index (χ3v) is 7.48. The van der Waals surface area contributed by atoms with Gasteiger partial charge >= 0.3 is 0 Å². The van der Waals surface area contributed by atoms with Crippen LogP contribution in [-0.4, -0.2) is 24.5 Å². The molecule has 1 N–H and O–H groups in total. The van der Waals surface area contributed by atoms with Gasteiger partial charge in [-0.15, -0.1) is 0 Å². The maximum atomic E-state index is 10.8. The highest BCUT2D eigenvalue weighted by atomic mass is 16.3. The third kappa shape index (κ3) is 4.17. The van der Waals surface area contributed by atoms with E-state index in [0.717, 1.165) is 45.1 Å². The van der Waals surface area contributed by atoms with E-state index in [0.29, 0.717) is 24.0 Å². The molecule has 164 valence electrons. The number of hydrogen-bond donors (Lipinski definition) is 1. The molecule has 0 radical (unpaired) electrons. The van der Waals surface area contributed by atoms with E-state index < -0.39 is 0 Å². The molecule has 3 heteroatoms. The van der Waals surface area contributed by atoms with Crippen LogP contribution in [0.3, 0.4) is 0 Å². The zero-order chi connectivity index (χ0) is 21.9. The Labute approximate surface area is 190 Å². The van der Waals surface area contributed by atoms with Gasteiger partial charge in [-0.05, 0) is 84.0 Å². The highest BCUT2D eigenvalue weighted by Crippen LogP contribution is 2.47. The van der Waals surface area contributed by atoms with Crippen LogP contribution in [0.25, 0.3) is 0 Å². The molecule has 0 saturated carbocycles. The minimum atomic E-state index is 0.286. The Hall–Kier alpha value is -3.07. The molecule has 3 nitrogen and oxygen atoms in total. The Bertz CT molecular complexity index is 1050. The number of aldehydes is 1. The quantitative estimate of drug-likeness (QED) is 0.505. The van der Waals surface area contributed by atoms with Crippen molar-refractivity contribution in [2.24, 2.45) is 5.92 Å². The maximum Gasteiger partial charge on any atom is 0.120 e. The molecule has 1 aliphatic carbocycles. The highest BCUT2D eigenvalue weighted by molar-refractivity contribution is 5.53. The molecule has 5 rings (SSSR count). The van der Waals surface area contributed by atoms with Crippen LogP contribution in [0.15, 0.2) is 72.8 Å². The van der Waals surface area contributed by atoms with Gasteiger partial charge in [-0.1, -0.05) is 48.5 Å². The molecular weight excluding hydrogens is 394 g/mol. The van der Waals surface area contributed by atoms with Gasteiger partial charge in [0.05, 0.1) is 0 Å². The van der Waals surface area contributed by atoms with Crippen molar-refractivity contribution in [3.63, 3.8) is 0 Å². The molecule has 2 atom stereocenters.